The summed E-state index contributed by atoms with van der Waals surface area (Å²) >= 11 is 3.12. The standard InChI is InChI=1S/C10H11BrO5.Li/c1-14-6-4-5(10(12)13)7(11)9(16-3)8(6)15-2;/h4H,1-3H3,(H,12,13);/q;+1/p-1. The molecule has 1 rings (SSSR count). The van der Waals surface area contributed by atoms with Crippen molar-refractivity contribution in [2.24, 2.45) is 0 Å². The van der Waals surface area contributed by atoms with Gasteiger partial charge in [-0.15, -0.1) is 0 Å². The maximum absolute atomic E-state index is 10.9. The summed E-state index contributed by atoms with van der Waals surface area (Å²) in [5, 5.41) is 10.9. The monoisotopic (exact) mass is 296 g/mol. The number of carbonyl (C=O) groups excluding carboxylic acids is 1. The molecule has 5 nitrogen and oxygen atoms in total. The summed E-state index contributed by atoms with van der Waals surface area (Å²) in [5.41, 5.74) is -0.0606. The van der Waals surface area contributed by atoms with Crippen LogP contribution in [0.15, 0.2) is 10.5 Å². The zero-order chi connectivity index (χ0) is 12.3. The molecule has 7 heteroatoms. The van der Waals surface area contributed by atoms with Gasteiger partial charge in [-0.25, -0.2) is 0 Å². The third-order valence-electron chi connectivity index (χ3n) is 1.99. The zero-order valence-corrected chi connectivity index (χ0v) is 11.6. The molecule has 0 spiro atoms. The third-order valence-corrected chi connectivity index (χ3v) is 2.78. The van der Waals surface area contributed by atoms with Crippen molar-refractivity contribution in [1.82, 2.24) is 0 Å². The molecule has 0 N–H and O–H groups in total. The van der Waals surface area contributed by atoms with E-state index in [1.54, 1.807) is 0 Å². The molecule has 0 aliphatic heterocycles. The maximum Gasteiger partial charge on any atom is 1.00 e. The number of aromatic carboxylic acids is 1. The van der Waals surface area contributed by atoms with Gasteiger partial charge in [0.2, 0.25) is 5.75 Å². The fourth-order valence-electron chi connectivity index (χ4n) is 1.27. The van der Waals surface area contributed by atoms with E-state index in [-0.39, 0.29) is 40.4 Å². The van der Waals surface area contributed by atoms with Gasteiger partial charge in [0, 0.05) is 5.56 Å². The van der Waals surface area contributed by atoms with Crippen LogP contribution in [-0.2, 0) is 0 Å². The Labute approximate surface area is 119 Å². The molecule has 0 radical (unpaired) electrons. The van der Waals surface area contributed by atoms with Crippen molar-refractivity contribution in [3.63, 3.8) is 0 Å². The number of hydrogen-bond acceptors (Lipinski definition) is 5. The maximum atomic E-state index is 10.9. The summed E-state index contributed by atoms with van der Waals surface area (Å²) in [5.74, 6) is -0.490. The Morgan fingerprint density at radius 2 is 1.71 bits per heavy atom. The summed E-state index contributed by atoms with van der Waals surface area (Å²) in [4.78, 5) is 10.9. The van der Waals surface area contributed by atoms with Gasteiger partial charge in [-0.1, -0.05) is 0 Å². The number of carbonyl (C=O) groups is 1. The van der Waals surface area contributed by atoms with E-state index in [1.807, 2.05) is 0 Å². The van der Waals surface area contributed by atoms with Crippen LogP contribution in [0.2, 0.25) is 0 Å². The van der Waals surface area contributed by atoms with E-state index in [9.17, 15) is 9.90 Å². The Morgan fingerprint density at radius 1 is 1.18 bits per heavy atom. The number of carboxylic acid groups (broad SMARTS) is 1. The van der Waals surface area contributed by atoms with E-state index in [2.05, 4.69) is 15.9 Å². The summed E-state index contributed by atoms with van der Waals surface area (Å²) in [6.07, 6.45) is 0. The molecule has 0 aliphatic rings. The molecule has 0 saturated heterocycles. The molecule has 17 heavy (non-hydrogen) atoms. The van der Waals surface area contributed by atoms with E-state index in [0.717, 1.165) is 0 Å². The van der Waals surface area contributed by atoms with E-state index < -0.39 is 5.97 Å². The average molecular weight is 297 g/mol. The van der Waals surface area contributed by atoms with Crippen molar-refractivity contribution < 1.29 is 43.0 Å². The molecular weight excluding hydrogens is 287 g/mol. The first-order valence-electron chi connectivity index (χ1n) is 4.26. The predicted molar refractivity (Wildman–Crippen MR) is 58.1 cm³/mol. The Balaban J connectivity index is 0.00000256. The fraction of sp³-hybridized carbons (Fsp3) is 0.300. The summed E-state index contributed by atoms with van der Waals surface area (Å²) in [6.45, 7) is 0. The van der Waals surface area contributed by atoms with Crippen LogP contribution >= 0.6 is 15.9 Å². The van der Waals surface area contributed by atoms with E-state index >= 15 is 0 Å². The molecule has 0 aromatic heterocycles. The van der Waals surface area contributed by atoms with Crippen molar-refractivity contribution in [3.8, 4) is 17.2 Å². The van der Waals surface area contributed by atoms with Crippen molar-refractivity contribution in [3.05, 3.63) is 16.1 Å². The summed E-state index contributed by atoms with van der Waals surface area (Å²) < 4.78 is 15.4. The van der Waals surface area contributed by atoms with Gasteiger partial charge in [0.15, 0.2) is 11.5 Å². The van der Waals surface area contributed by atoms with Gasteiger partial charge in [0.25, 0.3) is 0 Å². The Bertz CT molecular complexity index is 422. The number of ether oxygens (including phenoxy) is 3. The molecule has 1 aromatic rings. The predicted octanol–water partition coefficient (Wildman–Crippen LogP) is -2.16. The molecular formula is C10H10BrLiO5. The molecule has 0 aliphatic carbocycles. The molecule has 1 aromatic carbocycles. The minimum atomic E-state index is -1.33. The van der Waals surface area contributed by atoms with Crippen molar-refractivity contribution in [1.29, 1.82) is 0 Å². The molecule has 0 amide bonds. The van der Waals surface area contributed by atoms with Crippen LogP contribution in [0.5, 0.6) is 17.2 Å². The molecule has 0 fully saturated rings. The van der Waals surface area contributed by atoms with Crippen LogP contribution in [-0.4, -0.2) is 27.3 Å². The molecule has 0 heterocycles. The first kappa shape index (κ1) is 16.2. The molecule has 0 unspecified atom stereocenters. The van der Waals surface area contributed by atoms with Crippen LogP contribution in [0.4, 0.5) is 0 Å². The number of methoxy groups -OCH3 is 3. The van der Waals surface area contributed by atoms with E-state index in [0.29, 0.717) is 5.75 Å². The van der Waals surface area contributed by atoms with Crippen LogP contribution < -0.4 is 38.2 Å². The Morgan fingerprint density at radius 3 is 2.06 bits per heavy atom. The topological polar surface area (TPSA) is 67.8 Å². The number of hydrogen-bond donors (Lipinski definition) is 0. The van der Waals surface area contributed by atoms with Gasteiger partial charge in [0.1, 0.15) is 0 Å². The second-order valence-electron chi connectivity index (χ2n) is 2.79. The SMILES string of the molecule is COc1cc(C(=O)[O-])c(Br)c(OC)c1OC.[Li+]. The summed E-state index contributed by atoms with van der Waals surface area (Å²) in [6, 6.07) is 1.31. The summed E-state index contributed by atoms with van der Waals surface area (Å²) in [7, 11) is 4.25. The second kappa shape index (κ2) is 6.79. The van der Waals surface area contributed by atoms with Gasteiger partial charge in [-0.05, 0) is 22.0 Å². The molecule has 0 atom stereocenters. The van der Waals surface area contributed by atoms with Crippen molar-refractivity contribution >= 4 is 21.9 Å². The molecule has 88 valence electrons. The normalized spacial score (nSPS) is 9.18. The third kappa shape index (κ3) is 3.09. The first-order chi connectivity index (χ1) is 7.56. The Kier molecular flexibility index (Phi) is 6.46. The van der Waals surface area contributed by atoms with E-state index in [1.165, 1.54) is 27.4 Å². The van der Waals surface area contributed by atoms with Crippen LogP contribution in [0.25, 0.3) is 0 Å². The molecule has 0 saturated carbocycles. The fourth-order valence-corrected chi connectivity index (χ4v) is 1.89. The number of rotatable bonds is 4. The van der Waals surface area contributed by atoms with Crippen LogP contribution in [0.3, 0.4) is 0 Å². The Hall–Kier alpha value is -0.833. The van der Waals surface area contributed by atoms with E-state index in [4.69, 9.17) is 14.2 Å². The number of benzene rings is 1. The average Bonchev–Trinajstić information content (AvgIpc) is 2.27. The first-order valence-corrected chi connectivity index (χ1v) is 5.05. The van der Waals surface area contributed by atoms with Crippen molar-refractivity contribution in [2.75, 3.05) is 21.3 Å². The van der Waals surface area contributed by atoms with Gasteiger partial charge in [-0.3, -0.25) is 0 Å². The van der Waals surface area contributed by atoms with Crippen molar-refractivity contribution in [2.45, 2.75) is 0 Å². The van der Waals surface area contributed by atoms with Gasteiger partial charge in [0.05, 0.1) is 31.8 Å². The quantitative estimate of drug-likeness (QED) is 0.592. The second-order valence-corrected chi connectivity index (χ2v) is 3.59. The minimum Gasteiger partial charge on any atom is -0.545 e. The number of carboxylic acids is 1. The van der Waals surface area contributed by atoms with Gasteiger partial charge in [-0.2, -0.15) is 0 Å². The smallest absolute Gasteiger partial charge is 0.545 e. The minimum absolute atomic E-state index is 0. The number of halogens is 1. The zero-order valence-electron chi connectivity index (χ0n) is 10.00. The van der Waals surface area contributed by atoms with Gasteiger partial charge < -0.3 is 24.1 Å². The molecule has 0 bridgehead atoms. The van der Waals surface area contributed by atoms with Crippen LogP contribution in [0, 0.1) is 0 Å². The van der Waals surface area contributed by atoms with Crippen LogP contribution in [0.1, 0.15) is 10.4 Å². The van der Waals surface area contributed by atoms with Gasteiger partial charge >= 0.3 is 18.9 Å². The largest absolute Gasteiger partial charge is 1.00 e.